The van der Waals surface area contributed by atoms with Crippen LogP contribution in [-0.4, -0.2) is 28.8 Å². The molecule has 4 nitrogen and oxygen atoms in total. The van der Waals surface area contributed by atoms with Gasteiger partial charge in [-0.3, -0.25) is 0 Å². The van der Waals surface area contributed by atoms with Crippen molar-refractivity contribution in [1.29, 1.82) is 0 Å². The molecule has 3 heterocycles. The first kappa shape index (κ1) is 14.8. The lowest BCUT2D eigenvalue weighted by Gasteiger charge is -2.31. The Labute approximate surface area is 130 Å². The summed E-state index contributed by atoms with van der Waals surface area (Å²) in [6.45, 7) is 4.07. The molecule has 1 N–H and O–H groups in total. The predicted octanol–water partition coefficient (Wildman–Crippen LogP) is 2.98. The first-order valence-electron chi connectivity index (χ1n) is 7.60. The van der Waals surface area contributed by atoms with Crippen molar-refractivity contribution in [3.8, 4) is 0 Å². The lowest BCUT2D eigenvalue weighted by atomic mass is 9.92. The standard InChI is InChI=1S/C16H23N3OS/c1-12(13-5-9-20-10-6-13)18-15(14-4-3-11-21-14)16-17-7-8-19(16)2/h3-4,7-8,11-13,15,18H,5-6,9-10H2,1-2H3. The van der Waals surface area contributed by atoms with E-state index in [2.05, 4.69) is 46.4 Å². The molecule has 1 aliphatic rings. The lowest BCUT2D eigenvalue weighted by Crippen LogP contribution is -2.39. The third-order valence-electron chi connectivity index (χ3n) is 4.35. The van der Waals surface area contributed by atoms with Crippen molar-refractivity contribution in [3.05, 3.63) is 40.6 Å². The SMILES string of the molecule is CC(NC(c1cccs1)c1nccn1C)C1CCOCC1. The Bertz CT molecular complexity index is 546. The van der Waals surface area contributed by atoms with Gasteiger partial charge in [0.2, 0.25) is 0 Å². The highest BCUT2D eigenvalue weighted by Crippen LogP contribution is 2.28. The van der Waals surface area contributed by atoms with Gasteiger partial charge in [-0.1, -0.05) is 6.07 Å². The molecule has 0 bridgehead atoms. The maximum absolute atomic E-state index is 5.48. The molecule has 0 radical (unpaired) electrons. The quantitative estimate of drug-likeness (QED) is 0.923. The summed E-state index contributed by atoms with van der Waals surface area (Å²) in [4.78, 5) is 5.88. The normalized spacial score (nSPS) is 19.5. The third-order valence-corrected chi connectivity index (χ3v) is 5.28. The van der Waals surface area contributed by atoms with Crippen LogP contribution >= 0.6 is 11.3 Å². The van der Waals surface area contributed by atoms with Crippen LogP contribution in [0.5, 0.6) is 0 Å². The number of hydrogen-bond acceptors (Lipinski definition) is 4. The molecule has 0 spiro atoms. The van der Waals surface area contributed by atoms with Crippen LogP contribution in [0.1, 0.15) is 36.5 Å². The second-order valence-electron chi connectivity index (χ2n) is 5.75. The third kappa shape index (κ3) is 3.36. The maximum atomic E-state index is 5.48. The van der Waals surface area contributed by atoms with E-state index in [1.165, 1.54) is 4.88 Å². The van der Waals surface area contributed by atoms with Crippen LogP contribution in [0.15, 0.2) is 29.9 Å². The zero-order chi connectivity index (χ0) is 14.7. The average molecular weight is 305 g/mol. The van der Waals surface area contributed by atoms with Crippen molar-refractivity contribution >= 4 is 11.3 Å². The van der Waals surface area contributed by atoms with Crippen LogP contribution in [0.3, 0.4) is 0 Å². The topological polar surface area (TPSA) is 39.1 Å². The fourth-order valence-electron chi connectivity index (χ4n) is 3.01. The average Bonchev–Trinajstić information content (AvgIpc) is 3.17. The van der Waals surface area contributed by atoms with Crippen LogP contribution < -0.4 is 5.32 Å². The molecule has 21 heavy (non-hydrogen) atoms. The van der Waals surface area contributed by atoms with Gasteiger partial charge in [-0.05, 0) is 37.1 Å². The van der Waals surface area contributed by atoms with E-state index in [-0.39, 0.29) is 6.04 Å². The summed E-state index contributed by atoms with van der Waals surface area (Å²) >= 11 is 1.79. The molecule has 1 fully saturated rings. The molecule has 114 valence electrons. The van der Waals surface area contributed by atoms with Crippen LogP contribution in [-0.2, 0) is 11.8 Å². The number of nitrogens with one attached hydrogen (secondary N) is 1. The van der Waals surface area contributed by atoms with E-state index in [4.69, 9.17) is 4.74 Å². The molecule has 0 aliphatic carbocycles. The van der Waals surface area contributed by atoms with E-state index in [0.29, 0.717) is 12.0 Å². The van der Waals surface area contributed by atoms with Gasteiger partial charge in [0, 0.05) is 43.6 Å². The molecule has 2 aromatic heterocycles. The molecule has 1 aliphatic heterocycles. The molecule has 5 heteroatoms. The van der Waals surface area contributed by atoms with Gasteiger partial charge < -0.3 is 14.6 Å². The van der Waals surface area contributed by atoms with E-state index in [9.17, 15) is 0 Å². The molecule has 0 saturated carbocycles. The van der Waals surface area contributed by atoms with Crippen LogP contribution in [0.2, 0.25) is 0 Å². The van der Waals surface area contributed by atoms with Crippen LogP contribution in [0.4, 0.5) is 0 Å². The zero-order valence-electron chi connectivity index (χ0n) is 12.7. The minimum Gasteiger partial charge on any atom is -0.381 e. The molecule has 2 unspecified atom stereocenters. The fourth-order valence-corrected chi connectivity index (χ4v) is 3.79. The van der Waals surface area contributed by atoms with Gasteiger partial charge >= 0.3 is 0 Å². The molecule has 2 atom stereocenters. The number of thiophene rings is 1. The second kappa shape index (κ2) is 6.73. The highest BCUT2D eigenvalue weighted by molar-refractivity contribution is 7.10. The van der Waals surface area contributed by atoms with Gasteiger partial charge in [0.15, 0.2) is 0 Å². The fraction of sp³-hybridized carbons (Fsp3) is 0.562. The Hall–Kier alpha value is -1.17. The van der Waals surface area contributed by atoms with Gasteiger partial charge in [-0.25, -0.2) is 4.98 Å². The summed E-state index contributed by atoms with van der Waals surface area (Å²) in [7, 11) is 2.06. The Kier molecular flexibility index (Phi) is 4.73. The number of aryl methyl sites for hydroxylation is 1. The Balaban J connectivity index is 1.78. The molecular formula is C16H23N3OS. The minimum atomic E-state index is 0.169. The van der Waals surface area contributed by atoms with E-state index in [1.54, 1.807) is 11.3 Å². The zero-order valence-corrected chi connectivity index (χ0v) is 13.5. The van der Waals surface area contributed by atoms with E-state index in [1.807, 2.05) is 12.4 Å². The smallest absolute Gasteiger partial charge is 0.131 e. The first-order chi connectivity index (χ1) is 10.3. The summed E-state index contributed by atoms with van der Waals surface area (Å²) < 4.78 is 7.58. The van der Waals surface area contributed by atoms with E-state index >= 15 is 0 Å². The van der Waals surface area contributed by atoms with E-state index < -0.39 is 0 Å². The summed E-state index contributed by atoms with van der Waals surface area (Å²) in [5.74, 6) is 1.76. The number of hydrogen-bond donors (Lipinski definition) is 1. The molecular weight excluding hydrogens is 282 g/mol. The summed E-state index contributed by atoms with van der Waals surface area (Å²) in [5, 5.41) is 5.93. The summed E-state index contributed by atoms with van der Waals surface area (Å²) in [5.41, 5.74) is 0. The van der Waals surface area contributed by atoms with Crippen LogP contribution in [0, 0.1) is 5.92 Å². The van der Waals surface area contributed by atoms with Gasteiger partial charge in [-0.2, -0.15) is 0 Å². The van der Waals surface area contributed by atoms with Crippen molar-refractivity contribution in [2.24, 2.45) is 13.0 Å². The Morgan fingerprint density at radius 1 is 1.43 bits per heavy atom. The van der Waals surface area contributed by atoms with Crippen molar-refractivity contribution in [3.63, 3.8) is 0 Å². The Morgan fingerprint density at radius 2 is 2.24 bits per heavy atom. The minimum absolute atomic E-state index is 0.169. The molecule has 0 amide bonds. The summed E-state index contributed by atoms with van der Waals surface area (Å²) in [6, 6.07) is 4.92. The van der Waals surface area contributed by atoms with Gasteiger partial charge in [0.05, 0.1) is 0 Å². The monoisotopic (exact) mass is 305 g/mol. The van der Waals surface area contributed by atoms with Gasteiger partial charge in [0.25, 0.3) is 0 Å². The number of imidazole rings is 1. The molecule has 0 aromatic carbocycles. The largest absolute Gasteiger partial charge is 0.381 e. The van der Waals surface area contributed by atoms with Gasteiger partial charge in [0.1, 0.15) is 11.9 Å². The van der Waals surface area contributed by atoms with Crippen molar-refractivity contribution in [2.45, 2.75) is 31.8 Å². The molecule has 1 saturated heterocycles. The number of aromatic nitrogens is 2. The van der Waals surface area contributed by atoms with E-state index in [0.717, 1.165) is 31.9 Å². The number of nitrogens with zero attached hydrogens (tertiary/aromatic N) is 2. The highest BCUT2D eigenvalue weighted by atomic mass is 32.1. The maximum Gasteiger partial charge on any atom is 0.131 e. The number of rotatable bonds is 5. The first-order valence-corrected chi connectivity index (χ1v) is 8.48. The molecule has 3 rings (SSSR count). The lowest BCUT2D eigenvalue weighted by molar-refractivity contribution is 0.0549. The highest BCUT2D eigenvalue weighted by Gasteiger charge is 2.26. The van der Waals surface area contributed by atoms with Crippen molar-refractivity contribution in [1.82, 2.24) is 14.9 Å². The van der Waals surface area contributed by atoms with Crippen molar-refractivity contribution < 1.29 is 4.74 Å². The Morgan fingerprint density at radius 3 is 2.86 bits per heavy atom. The second-order valence-corrected chi connectivity index (χ2v) is 6.73. The number of ether oxygens (including phenoxy) is 1. The summed E-state index contributed by atoms with van der Waals surface area (Å²) in [6.07, 6.45) is 6.17. The van der Waals surface area contributed by atoms with Crippen molar-refractivity contribution in [2.75, 3.05) is 13.2 Å². The van der Waals surface area contributed by atoms with Crippen LogP contribution in [0.25, 0.3) is 0 Å². The van der Waals surface area contributed by atoms with Gasteiger partial charge in [-0.15, -0.1) is 11.3 Å². The predicted molar refractivity (Wildman–Crippen MR) is 85.5 cm³/mol. The molecule has 2 aromatic rings.